The first-order valence-corrected chi connectivity index (χ1v) is 5.81. The lowest BCUT2D eigenvalue weighted by Gasteiger charge is -2.13. The predicted octanol–water partition coefficient (Wildman–Crippen LogP) is 3.50. The second-order valence-electron chi connectivity index (χ2n) is 4.88. The van der Waals surface area contributed by atoms with Crippen molar-refractivity contribution in [3.05, 3.63) is 34.3 Å². The maximum Gasteiger partial charge on any atom is 0.0328 e. The topological polar surface area (TPSA) is 26.0 Å². The fourth-order valence-corrected chi connectivity index (χ4v) is 2.30. The van der Waals surface area contributed by atoms with Crippen molar-refractivity contribution in [1.82, 2.24) is 0 Å². The monoisotopic (exact) mass is 253 g/mol. The minimum absolute atomic E-state index is 0.207. The maximum atomic E-state index is 6.21. The molecule has 1 aromatic rings. The Labute approximate surface area is 93.8 Å². The van der Waals surface area contributed by atoms with Crippen LogP contribution in [0.2, 0.25) is 0 Å². The summed E-state index contributed by atoms with van der Waals surface area (Å²) in [6.45, 7) is 4.58. The van der Waals surface area contributed by atoms with Crippen molar-refractivity contribution in [2.45, 2.75) is 26.3 Å². The van der Waals surface area contributed by atoms with Gasteiger partial charge in [-0.25, -0.2) is 0 Å². The van der Waals surface area contributed by atoms with Gasteiger partial charge in [-0.15, -0.1) is 0 Å². The first-order valence-electron chi connectivity index (χ1n) is 5.02. The Morgan fingerprint density at radius 2 is 1.86 bits per heavy atom. The zero-order valence-corrected chi connectivity index (χ0v) is 10.2. The van der Waals surface area contributed by atoms with Gasteiger partial charge < -0.3 is 5.73 Å². The lowest BCUT2D eigenvalue weighted by Crippen LogP contribution is -2.15. The number of rotatable bonds is 2. The largest absolute Gasteiger partial charge is 0.324 e. The normalized spacial score (nSPS) is 25.9. The highest BCUT2D eigenvalue weighted by atomic mass is 79.9. The third-order valence-corrected chi connectivity index (χ3v) is 3.81. The van der Waals surface area contributed by atoms with Crippen LogP contribution in [0.3, 0.4) is 0 Å². The lowest BCUT2D eigenvalue weighted by molar-refractivity contribution is 0.491. The molecule has 1 aromatic carbocycles. The molecule has 2 unspecified atom stereocenters. The Hall–Kier alpha value is -0.340. The molecule has 14 heavy (non-hydrogen) atoms. The van der Waals surface area contributed by atoms with Crippen LogP contribution in [0.15, 0.2) is 28.7 Å². The summed E-state index contributed by atoms with van der Waals surface area (Å²) >= 11 is 3.43. The lowest BCUT2D eigenvalue weighted by atomic mass is 9.98. The third-order valence-electron chi connectivity index (χ3n) is 3.28. The van der Waals surface area contributed by atoms with Gasteiger partial charge in [0.05, 0.1) is 0 Å². The average molecular weight is 254 g/mol. The molecule has 76 valence electrons. The van der Waals surface area contributed by atoms with Gasteiger partial charge >= 0.3 is 0 Å². The Morgan fingerprint density at radius 1 is 1.36 bits per heavy atom. The molecule has 0 bridgehead atoms. The summed E-state index contributed by atoms with van der Waals surface area (Å²) in [5, 5.41) is 0. The number of hydrogen-bond acceptors (Lipinski definition) is 1. The van der Waals surface area contributed by atoms with E-state index in [-0.39, 0.29) is 6.04 Å². The van der Waals surface area contributed by atoms with Gasteiger partial charge in [0.25, 0.3) is 0 Å². The van der Waals surface area contributed by atoms with Crippen LogP contribution in [0.1, 0.15) is 31.9 Å². The van der Waals surface area contributed by atoms with Crippen LogP contribution >= 0.6 is 15.9 Å². The van der Waals surface area contributed by atoms with Gasteiger partial charge in [-0.05, 0) is 35.4 Å². The molecule has 0 heterocycles. The van der Waals surface area contributed by atoms with Crippen molar-refractivity contribution in [2.75, 3.05) is 0 Å². The van der Waals surface area contributed by atoms with Crippen LogP contribution < -0.4 is 5.73 Å². The van der Waals surface area contributed by atoms with Gasteiger partial charge in [-0.2, -0.15) is 0 Å². The molecule has 2 atom stereocenters. The molecule has 1 saturated carbocycles. The molecule has 1 nitrogen and oxygen atoms in total. The van der Waals surface area contributed by atoms with Gasteiger partial charge in [0, 0.05) is 10.5 Å². The number of halogens is 1. The predicted molar refractivity (Wildman–Crippen MR) is 63.0 cm³/mol. The van der Waals surface area contributed by atoms with E-state index in [1.54, 1.807) is 0 Å². The molecule has 0 amide bonds. The average Bonchev–Trinajstić information content (AvgIpc) is 2.75. The number of nitrogens with two attached hydrogens (primary N) is 1. The van der Waals surface area contributed by atoms with E-state index >= 15 is 0 Å². The summed E-state index contributed by atoms with van der Waals surface area (Å²) in [6.07, 6.45) is 1.25. The quantitative estimate of drug-likeness (QED) is 0.858. The van der Waals surface area contributed by atoms with E-state index in [1.807, 2.05) is 0 Å². The molecule has 1 fully saturated rings. The zero-order chi connectivity index (χ0) is 10.3. The van der Waals surface area contributed by atoms with E-state index in [4.69, 9.17) is 5.73 Å². The summed E-state index contributed by atoms with van der Waals surface area (Å²) in [5.74, 6) is 0.656. The molecule has 2 heteroatoms. The second-order valence-corrected chi connectivity index (χ2v) is 5.79. The molecule has 0 radical (unpaired) electrons. The third kappa shape index (κ3) is 1.86. The summed E-state index contributed by atoms with van der Waals surface area (Å²) < 4.78 is 1.11. The van der Waals surface area contributed by atoms with Gasteiger partial charge in [-0.3, -0.25) is 0 Å². The van der Waals surface area contributed by atoms with Crippen molar-refractivity contribution in [3.8, 4) is 0 Å². The van der Waals surface area contributed by atoms with E-state index in [1.165, 1.54) is 12.0 Å². The molecular formula is C12H16BrN. The second kappa shape index (κ2) is 3.35. The Balaban J connectivity index is 2.13. The van der Waals surface area contributed by atoms with Crippen LogP contribution in [-0.2, 0) is 0 Å². The Morgan fingerprint density at radius 3 is 2.29 bits per heavy atom. The van der Waals surface area contributed by atoms with Gasteiger partial charge in [0.1, 0.15) is 0 Å². The minimum atomic E-state index is 0.207. The van der Waals surface area contributed by atoms with Crippen LogP contribution in [-0.4, -0.2) is 0 Å². The van der Waals surface area contributed by atoms with Crippen LogP contribution in [0, 0.1) is 11.3 Å². The first kappa shape index (κ1) is 10.2. The van der Waals surface area contributed by atoms with Gasteiger partial charge in [-0.1, -0.05) is 41.9 Å². The highest BCUT2D eigenvalue weighted by molar-refractivity contribution is 9.10. The zero-order valence-electron chi connectivity index (χ0n) is 8.63. The van der Waals surface area contributed by atoms with E-state index in [2.05, 4.69) is 54.0 Å². The van der Waals surface area contributed by atoms with E-state index in [0.29, 0.717) is 11.3 Å². The molecule has 0 aromatic heterocycles. The van der Waals surface area contributed by atoms with Crippen LogP contribution in [0.5, 0.6) is 0 Å². The van der Waals surface area contributed by atoms with Crippen molar-refractivity contribution in [3.63, 3.8) is 0 Å². The van der Waals surface area contributed by atoms with Crippen LogP contribution in [0.25, 0.3) is 0 Å². The summed E-state index contributed by atoms with van der Waals surface area (Å²) in [4.78, 5) is 0. The fraction of sp³-hybridized carbons (Fsp3) is 0.500. The van der Waals surface area contributed by atoms with Crippen molar-refractivity contribution in [2.24, 2.45) is 17.1 Å². The van der Waals surface area contributed by atoms with E-state index < -0.39 is 0 Å². The van der Waals surface area contributed by atoms with Crippen molar-refractivity contribution < 1.29 is 0 Å². The Bertz CT molecular complexity index is 329. The van der Waals surface area contributed by atoms with Crippen LogP contribution in [0.4, 0.5) is 0 Å². The summed E-state index contributed by atoms with van der Waals surface area (Å²) in [5.41, 5.74) is 7.92. The standard InChI is InChI=1S/C12H16BrN/c1-12(2)7-10(12)11(14)8-3-5-9(13)6-4-8/h3-6,10-11H,7,14H2,1-2H3. The highest BCUT2D eigenvalue weighted by Crippen LogP contribution is 2.56. The van der Waals surface area contributed by atoms with E-state index in [9.17, 15) is 0 Å². The molecule has 0 spiro atoms. The SMILES string of the molecule is CC1(C)CC1C(N)c1ccc(Br)cc1. The fourth-order valence-electron chi connectivity index (χ4n) is 2.04. The molecule has 2 rings (SSSR count). The summed E-state index contributed by atoms with van der Waals surface area (Å²) in [7, 11) is 0. The molecule has 1 aliphatic rings. The van der Waals surface area contributed by atoms with Gasteiger partial charge in [0.2, 0.25) is 0 Å². The smallest absolute Gasteiger partial charge is 0.0328 e. The first-order chi connectivity index (χ1) is 6.50. The maximum absolute atomic E-state index is 6.21. The molecule has 0 saturated heterocycles. The van der Waals surface area contributed by atoms with Crippen molar-refractivity contribution in [1.29, 1.82) is 0 Å². The molecule has 2 N–H and O–H groups in total. The number of benzene rings is 1. The van der Waals surface area contributed by atoms with Gasteiger partial charge in [0.15, 0.2) is 0 Å². The molecule has 0 aliphatic heterocycles. The molecular weight excluding hydrogens is 238 g/mol. The highest BCUT2D eigenvalue weighted by Gasteiger charge is 2.49. The Kier molecular flexibility index (Phi) is 2.44. The van der Waals surface area contributed by atoms with Crippen molar-refractivity contribution >= 4 is 15.9 Å². The minimum Gasteiger partial charge on any atom is -0.324 e. The summed E-state index contributed by atoms with van der Waals surface area (Å²) in [6, 6.07) is 8.56. The number of hydrogen-bond donors (Lipinski definition) is 1. The molecule has 1 aliphatic carbocycles. The van der Waals surface area contributed by atoms with E-state index in [0.717, 1.165) is 4.47 Å².